The van der Waals surface area contributed by atoms with Crippen molar-refractivity contribution >= 4 is 0 Å². The molecule has 0 aliphatic rings. The largest absolute Gasteiger partial charge is 0.494 e. The van der Waals surface area contributed by atoms with Crippen molar-refractivity contribution in [1.29, 1.82) is 0 Å². The SMILES string of the molecule is CCOc1ccc(C(C)NCC(C(C)C)N(C)C)cc1. The van der Waals surface area contributed by atoms with E-state index in [1.807, 2.05) is 19.1 Å². The van der Waals surface area contributed by atoms with Gasteiger partial charge in [-0.25, -0.2) is 0 Å². The van der Waals surface area contributed by atoms with Gasteiger partial charge in [-0.1, -0.05) is 26.0 Å². The third-order valence-corrected chi connectivity index (χ3v) is 3.76. The molecule has 0 amide bonds. The molecule has 0 bridgehead atoms. The zero-order chi connectivity index (χ0) is 15.1. The molecule has 2 unspecified atom stereocenters. The highest BCUT2D eigenvalue weighted by Crippen LogP contribution is 2.18. The van der Waals surface area contributed by atoms with E-state index >= 15 is 0 Å². The van der Waals surface area contributed by atoms with Gasteiger partial charge in [0.2, 0.25) is 0 Å². The predicted molar refractivity (Wildman–Crippen MR) is 86.3 cm³/mol. The van der Waals surface area contributed by atoms with Crippen LogP contribution in [-0.2, 0) is 0 Å². The Hall–Kier alpha value is -1.06. The van der Waals surface area contributed by atoms with Crippen LogP contribution in [0.15, 0.2) is 24.3 Å². The third kappa shape index (κ3) is 5.14. The van der Waals surface area contributed by atoms with Crippen LogP contribution in [0.5, 0.6) is 5.75 Å². The monoisotopic (exact) mass is 278 g/mol. The van der Waals surface area contributed by atoms with Gasteiger partial charge in [-0.05, 0) is 51.6 Å². The van der Waals surface area contributed by atoms with Gasteiger partial charge in [0.1, 0.15) is 5.75 Å². The van der Waals surface area contributed by atoms with Crippen molar-refractivity contribution in [3.05, 3.63) is 29.8 Å². The summed E-state index contributed by atoms with van der Waals surface area (Å²) in [5.74, 6) is 1.59. The molecule has 0 fully saturated rings. The van der Waals surface area contributed by atoms with E-state index in [9.17, 15) is 0 Å². The fourth-order valence-electron chi connectivity index (χ4n) is 2.45. The molecule has 3 heteroatoms. The van der Waals surface area contributed by atoms with E-state index in [1.54, 1.807) is 0 Å². The van der Waals surface area contributed by atoms with Crippen molar-refractivity contribution in [1.82, 2.24) is 10.2 Å². The van der Waals surface area contributed by atoms with Crippen LogP contribution in [-0.4, -0.2) is 38.2 Å². The fraction of sp³-hybridized carbons (Fsp3) is 0.647. The molecule has 2 atom stereocenters. The minimum atomic E-state index is 0.354. The Bertz CT molecular complexity index is 365. The lowest BCUT2D eigenvalue weighted by Gasteiger charge is -2.29. The first-order chi connectivity index (χ1) is 9.45. The van der Waals surface area contributed by atoms with Crippen LogP contribution in [0.3, 0.4) is 0 Å². The van der Waals surface area contributed by atoms with Gasteiger partial charge in [0, 0.05) is 18.6 Å². The van der Waals surface area contributed by atoms with E-state index in [0.29, 0.717) is 24.6 Å². The van der Waals surface area contributed by atoms with Gasteiger partial charge < -0.3 is 15.0 Å². The summed E-state index contributed by atoms with van der Waals surface area (Å²) in [5.41, 5.74) is 1.30. The lowest BCUT2D eigenvalue weighted by molar-refractivity contribution is 0.220. The van der Waals surface area contributed by atoms with Gasteiger partial charge in [-0.3, -0.25) is 0 Å². The number of nitrogens with zero attached hydrogens (tertiary/aromatic N) is 1. The summed E-state index contributed by atoms with van der Waals surface area (Å²) in [7, 11) is 4.29. The summed E-state index contributed by atoms with van der Waals surface area (Å²) in [4.78, 5) is 2.29. The van der Waals surface area contributed by atoms with E-state index in [2.05, 4.69) is 57.2 Å². The van der Waals surface area contributed by atoms with Crippen molar-refractivity contribution in [2.45, 2.75) is 39.8 Å². The topological polar surface area (TPSA) is 24.5 Å². The molecule has 1 aromatic carbocycles. The van der Waals surface area contributed by atoms with Crippen LogP contribution >= 0.6 is 0 Å². The zero-order valence-corrected chi connectivity index (χ0v) is 13.8. The lowest BCUT2D eigenvalue weighted by atomic mass is 10.0. The fourth-order valence-corrected chi connectivity index (χ4v) is 2.45. The number of ether oxygens (including phenoxy) is 1. The first-order valence-electron chi connectivity index (χ1n) is 7.58. The molecule has 1 aromatic rings. The quantitative estimate of drug-likeness (QED) is 0.789. The second kappa shape index (κ2) is 8.28. The molecule has 3 nitrogen and oxygen atoms in total. The molecule has 114 valence electrons. The molecule has 0 aliphatic heterocycles. The van der Waals surface area contributed by atoms with Crippen LogP contribution in [0, 0.1) is 5.92 Å². The smallest absolute Gasteiger partial charge is 0.119 e. The maximum atomic E-state index is 5.47. The van der Waals surface area contributed by atoms with Crippen molar-refractivity contribution in [2.24, 2.45) is 5.92 Å². The number of rotatable bonds is 8. The number of likely N-dealkylation sites (N-methyl/N-ethyl adjacent to an activating group) is 1. The van der Waals surface area contributed by atoms with Crippen molar-refractivity contribution < 1.29 is 4.74 Å². The molecule has 0 aliphatic carbocycles. The Balaban J connectivity index is 2.55. The van der Waals surface area contributed by atoms with Gasteiger partial charge in [-0.2, -0.15) is 0 Å². The van der Waals surface area contributed by atoms with Gasteiger partial charge in [0.15, 0.2) is 0 Å². The number of hydrogen-bond acceptors (Lipinski definition) is 3. The molecule has 0 saturated heterocycles. The van der Waals surface area contributed by atoms with E-state index in [0.717, 1.165) is 12.3 Å². The first-order valence-corrected chi connectivity index (χ1v) is 7.58. The molecule has 0 heterocycles. The molecule has 0 saturated carbocycles. The number of hydrogen-bond donors (Lipinski definition) is 1. The van der Waals surface area contributed by atoms with Gasteiger partial charge in [-0.15, -0.1) is 0 Å². The van der Waals surface area contributed by atoms with E-state index < -0.39 is 0 Å². The summed E-state index contributed by atoms with van der Waals surface area (Å²) in [5, 5.41) is 3.63. The first kappa shape index (κ1) is 17.0. The van der Waals surface area contributed by atoms with Crippen LogP contribution in [0.25, 0.3) is 0 Å². The zero-order valence-electron chi connectivity index (χ0n) is 13.8. The summed E-state index contributed by atoms with van der Waals surface area (Å²) in [6.07, 6.45) is 0. The van der Waals surface area contributed by atoms with Crippen LogP contribution in [0.4, 0.5) is 0 Å². The molecule has 20 heavy (non-hydrogen) atoms. The van der Waals surface area contributed by atoms with Crippen LogP contribution in [0.2, 0.25) is 0 Å². The molecule has 1 N–H and O–H groups in total. The Labute approximate surface area is 124 Å². The summed E-state index contributed by atoms with van der Waals surface area (Å²) >= 11 is 0. The molecular formula is C17H30N2O. The predicted octanol–water partition coefficient (Wildman–Crippen LogP) is 3.32. The van der Waals surface area contributed by atoms with Crippen molar-refractivity contribution in [2.75, 3.05) is 27.2 Å². The highest BCUT2D eigenvalue weighted by atomic mass is 16.5. The maximum Gasteiger partial charge on any atom is 0.119 e. The third-order valence-electron chi connectivity index (χ3n) is 3.76. The van der Waals surface area contributed by atoms with Crippen molar-refractivity contribution in [3.8, 4) is 5.75 Å². The number of benzene rings is 1. The van der Waals surface area contributed by atoms with E-state index in [4.69, 9.17) is 4.74 Å². The second-order valence-electron chi connectivity index (χ2n) is 5.91. The standard InChI is InChI=1S/C17H30N2O/c1-7-20-16-10-8-15(9-11-16)14(4)18-12-17(13(2)3)19(5)6/h8-11,13-14,17-18H,7,12H2,1-6H3. The normalized spacial score (nSPS) is 14.6. The maximum absolute atomic E-state index is 5.47. The summed E-state index contributed by atoms with van der Waals surface area (Å²) < 4.78 is 5.47. The summed E-state index contributed by atoms with van der Waals surface area (Å²) in [6, 6.07) is 9.28. The molecule has 0 spiro atoms. The van der Waals surface area contributed by atoms with E-state index in [1.165, 1.54) is 5.56 Å². The number of nitrogens with one attached hydrogen (secondary N) is 1. The molecular weight excluding hydrogens is 248 g/mol. The Morgan fingerprint density at radius 1 is 1.10 bits per heavy atom. The minimum Gasteiger partial charge on any atom is -0.494 e. The highest BCUT2D eigenvalue weighted by molar-refractivity contribution is 5.28. The van der Waals surface area contributed by atoms with Crippen LogP contribution in [0.1, 0.15) is 39.3 Å². The highest BCUT2D eigenvalue weighted by Gasteiger charge is 2.16. The summed E-state index contributed by atoms with van der Waals surface area (Å²) in [6.45, 7) is 10.5. The van der Waals surface area contributed by atoms with Gasteiger partial charge in [0.05, 0.1) is 6.61 Å². The Kier molecular flexibility index (Phi) is 7.03. The molecule has 0 radical (unpaired) electrons. The van der Waals surface area contributed by atoms with Gasteiger partial charge >= 0.3 is 0 Å². The average Bonchev–Trinajstić information content (AvgIpc) is 2.39. The van der Waals surface area contributed by atoms with E-state index in [-0.39, 0.29) is 0 Å². The second-order valence-corrected chi connectivity index (χ2v) is 5.91. The minimum absolute atomic E-state index is 0.354. The van der Waals surface area contributed by atoms with Gasteiger partial charge in [0.25, 0.3) is 0 Å². The average molecular weight is 278 g/mol. The van der Waals surface area contributed by atoms with Crippen molar-refractivity contribution in [3.63, 3.8) is 0 Å². The Morgan fingerprint density at radius 2 is 1.70 bits per heavy atom. The molecule has 0 aromatic heterocycles. The Morgan fingerprint density at radius 3 is 2.15 bits per heavy atom. The van der Waals surface area contributed by atoms with Crippen LogP contribution < -0.4 is 10.1 Å². The molecule has 1 rings (SSSR count). The lowest BCUT2D eigenvalue weighted by Crippen LogP contribution is -2.42.